The Morgan fingerprint density at radius 1 is 1.08 bits per heavy atom. The number of hydrogen-bond acceptors (Lipinski definition) is 4. The van der Waals surface area contributed by atoms with Crippen molar-refractivity contribution >= 4 is 23.0 Å². The Kier molecular flexibility index (Phi) is 4.72. The Morgan fingerprint density at radius 3 is 2.17 bits per heavy atom. The van der Waals surface area contributed by atoms with Crippen LogP contribution in [0, 0.1) is 27.6 Å². The van der Waals surface area contributed by atoms with Gasteiger partial charge in [-0.1, -0.05) is 0 Å². The number of carbonyl (C=O) groups excluding carboxylic acids is 1. The monoisotopic (exact) mass is 339 g/mol. The summed E-state index contributed by atoms with van der Waals surface area (Å²) in [5.74, 6) is -6.95. The number of carbonyl (C=O) groups is 1. The van der Waals surface area contributed by atoms with E-state index in [1.54, 1.807) is 12.1 Å². The molecule has 1 N–H and O–H groups in total. The predicted octanol–water partition coefficient (Wildman–Crippen LogP) is 3.33. The van der Waals surface area contributed by atoms with Crippen LogP contribution in [0.2, 0.25) is 0 Å². The molecule has 0 aliphatic heterocycles. The molecule has 0 spiro atoms. The number of nitro groups is 1. The smallest absolute Gasteiger partial charge is 0.308 e. The molecule has 0 aromatic heterocycles. The Hall–Kier alpha value is -3.10. The van der Waals surface area contributed by atoms with Crippen LogP contribution < -0.4 is 10.2 Å². The fraction of sp³-hybridized carbons (Fsp3) is 0.133. The molecular formula is C15H12F3N3O3. The molecule has 0 unspecified atom stereocenters. The molecule has 0 atom stereocenters. The van der Waals surface area contributed by atoms with Gasteiger partial charge in [0.25, 0.3) is 5.91 Å². The number of amides is 1. The molecule has 24 heavy (non-hydrogen) atoms. The Balaban J connectivity index is 2.34. The highest BCUT2D eigenvalue weighted by Crippen LogP contribution is 2.26. The van der Waals surface area contributed by atoms with Crippen molar-refractivity contribution in [3.8, 4) is 0 Å². The minimum atomic E-state index is -2.07. The summed E-state index contributed by atoms with van der Waals surface area (Å²) < 4.78 is 40.4. The van der Waals surface area contributed by atoms with Crippen molar-refractivity contribution in [3.05, 3.63) is 63.5 Å². The van der Waals surface area contributed by atoms with Crippen molar-refractivity contribution in [2.45, 2.75) is 0 Å². The normalized spacial score (nSPS) is 10.4. The van der Waals surface area contributed by atoms with Crippen LogP contribution in [-0.4, -0.2) is 24.9 Å². The van der Waals surface area contributed by atoms with Gasteiger partial charge in [0.2, 0.25) is 11.6 Å². The lowest BCUT2D eigenvalue weighted by Gasteiger charge is -2.13. The Morgan fingerprint density at radius 2 is 1.67 bits per heavy atom. The minimum Gasteiger partial charge on any atom is -0.378 e. The molecule has 0 bridgehead atoms. The predicted molar refractivity (Wildman–Crippen MR) is 81.7 cm³/mol. The molecule has 0 aliphatic carbocycles. The highest BCUT2D eigenvalue weighted by Gasteiger charge is 2.28. The summed E-state index contributed by atoms with van der Waals surface area (Å²) >= 11 is 0. The number of anilines is 2. The first kappa shape index (κ1) is 17.3. The van der Waals surface area contributed by atoms with E-state index in [1.165, 1.54) is 12.1 Å². The van der Waals surface area contributed by atoms with Crippen LogP contribution in [0.4, 0.5) is 30.2 Å². The average molecular weight is 339 g/mol. The van der Waals surface area contributed by atoms with Crippen LogP contribution in [-0.2, 0) is 0 Å². The zero-order chi connectivity index (χ0) is 18.0. The first-order chi connectivity index (χ1) is 11.2. The highest BCUT2D eigenvalue weighted by atomic mass is 19.2. The zero-order valence-electron chi connectivity index (χ0n) is 12.6. The molecule has 126 valence electrons. The summed E-state index contributed by atoms with van der Waals surface area (Å²) in [5.41, 5.74) is -1.18. The lowest BCUT2D eigenvalue weighted by Crippen LogP contribution is -2.16. The number of halogens is 3. The lowest BCUT2D eigenvalue weighted by atomic mass is 10.1. The zero-order valence-corrected chi connectivity index (χ0v) is 12.6. The summed E-state index contributed by atoms with van der Waals surface area (Å²) in [4.78, 5) is 23.3. The van der Waals surface area contributed by atoms with Crippen molar-refractivity contribution in [1.82, 2.24) is 0 Å². The third-order valence-electron chi connectivity index (χ3n) is 3.21. The van der Waals surface area contributed by atoms with E-state index >= 15 is 0 Å². The molecule has 0 fully saturated rings. The largest absolute Gasteiger partial charge is 0.378 e. The Bertz CT molecular complexity index is 808. The summed E-state index contributed by atoms with van der Waals surface area (Å²) in [7, 11) is 3.62. The summed E-state index contributed by atoms with van der Waals surface area (Å²) in [6, 6.07) is 6.72. The molecule has 6 nitrogen and oxygen atoms in total. The number of rotatable bonds is 4. The van der Waals surface area contributed by atoms with Gasteiger partial charge in [0.1, 0.15) is 0 Å². The maximum atomic E-state index is 13.7. The number of hydrogen-bond donors (Lipinski definition) is 1. The second-order valence-electron chi connectivity index (χ2n) is 5.04. The molecular weight excluding hydrogens is 327 g/mol. The fourth-order valence-corrected chi connectivity index (χ4v) is 1.93. The van der Waals surface area contributed by atoms with Crippen molar-refractivity contribution in [1.29, 1.82) is 0 Å². The molecule has 0 heterocycles. The van der Waals surface area contributed by atoms with E-state index in [4.69, 9.17) is 0 Å². The molecule has 0 radical (unpaired) electrons. The van der Waals surface area contributed by atoms with Crippen molar-refractivity contribution in [3.63, 3.8) is 0 Å². The molecule has 0 saturated carbocycles. The van der Waals surface area contributed by atoms with Gasteiger partial charge in [0.05, 0.1) is 10.5 Å². The van der Waals surface area contributed by atoms with E-state index in [0.717, 1.165) is 5.69 Å². The van der Waals surface area contributed by atoms with E-state index in [-0.39, 0.29) is 5.69 Å². The lowest BCUT2D eigenvalue weighted by molar-refractivity contribution is -0.387. The average Bonchev–Trinajstić information content (AvgIpc) is 2.52. The molecule has 9 heteroatoms. The quantitative estimate of drug-likeness (QED) is 0.527. The van der Waals surface area contributed by atoms with E-state index in [2.05, 4.69) is 5.32 Å². The standard InChI is InChI=1S/C15H12F3N3O3/c1-20(2)9-5-3-8(4-6-9)19-15(22)10-7-11(21(23)24)13(17)14(18)12(10)16/h3-7H,1-2H3,(H,19,22). The Labute approximate surface area is 134 Å². The van der Waals surface area contributed by atoms with Crippen LogP contribution in [0.5, 0.6) is 0 Å². The van der Waals surface area contributed by atoms with Gasteiger partial charge >= 0.3 is 5.69 Å². The van der Waals surface area contributed by atoms with Gasteiger partial charge in [0, 0.05) is 31.5 Å². The molecule has 0 saturated heterocycles. The topological polar surface area (TPSA) is 75.5 Å². The molecule has 2 aromatic rings. The molecule has 0 aliphatic rings. The van der Waals surface area contributed by atoms with Gasteiger partial charge in [-0.2, -0.15) is 4.39 Å². The summed E-state index contributed by atoms with van der Waals surface area (Å²) in [6.07, 6.45) is 0. The fourth-order valence-electron chi connectivity index (χ4n) is 1.93. The third-order valence-corrected chi connectivity index (χ3v) is 3.21. The summed E-state index contributed by atoms with van der Waals surface area (Å²) in [5, 5.41) is 12.9. The van der Waals surface area contributed by atoms with E-state index in [1.807, 2.05) is 19.0 Å². The second-order valence-corrected chi connectivity index (χ2v) is 5.04. The highest BCUT2D eigenvalue weighted by molar-refractivity contribution is 6.05. The molecule has 1 amide bonds. The van der Waals surface area contributed by atoms with Crippen LogP contribution in [0.3, 0.4) is 0 Å². The van der Waals surface area contributed by atoms with Gasteiger partial charge in [-0.15, -0.1) is 0 Å². The minimum absolute atomic E-state index is 0.261. The van der Waals surface area contributed by atoms with Crippen LogP contribution in [0.1, 0.15) is 10.4 Å². The number of benzene rings is 2. The molecule has 2 aromatic carbocycles. The maximum Gasteiger partial charge on any atom is 0.308 e. The van der Waals surface area contributed by atoms with E-state index < -0.39 is 39.5 Å². The van der Waals surface area contributed by atoms with Crippen LogP contribution in [0.15, 0.2) is 30.3 Å². The first-order valence-corrected chi connectivity index (χ1v) is 6.63. The van der Waals surface area contributed by atoms with E-state index in [0.29, 0.717) is 6.07 Å². The summed E-state index contributed by atoms with van der Waals surface area (Å²) in [6.45, 7) is 0. The second kappa shape index (κ2) is 6.57. The number of nitrogens with one attached hydrogen (secondary N) is 1. The van der Waals surface area contributed by atoms with Gasteiger partial charge in [-0.25, -0.2) is 8.78 Å². The van der Waals surface area contributed by atoms with Crippen molar-refractivity contribution in [2.24, 2.45) is 0 Å². The number of nitro benzene ring substituents is 1. The van der Waals surface area contributed by atoms with Gasteiger partial charge in [-0.05, 0) is 24.3 Å². The van der Waals surface area contributed by atoms with Crippen LogP contribution in [0.25, 0.3) is 0 Å². The van der Waals surface area contributed by atoms with Crippen LogP contribution >= 0.6 is 0 Å². The SMILES string of the molecule is CN(C)c1ccc(NC(=O)c2cc([N+](=O)[O-])c(F)c(F)c2F)cc1. The van der Waals surface area contributed by atoms with E-state index in [9.17, 15) is 28.1 Å². The van der Waals surface area contributed by atoms with Crippen molar-refractivity contribution in [2.75, 3.05) is 24.3 Å². The van der Waals surface area contributed by atoms with Gasteiger partial charge in [0.15, 0.2) is 5.82 Å². The van der Waals surface area contributed by atoms with Crippen molar-refractivity contribution < 1.29 is 22.9 Å². The number of nitrogens with zero attached hydrogens (tertiary/aromatic N) is 2. The van der Waals surface area contributed by atoms with Gasteiger partial charge < -0.3 is 10.2 Å². The maximum absolute atomic E-state index is 13.7. The molecule has 2 rings (SSSR count). The van der Waals surface area contributed by atoms with Gasteiger partial charge in [-0.3, -0.25) is 14.9 Å². The first-order valence-electron chi connectivity index (χ1n) is 6.63. The third kappa shape index (κ3) is 3.29.